The van der Waals surface area contributed by atoms with Gasteiger partial charge in [0, 0.05) is 160 Å². The molecule has 0 saturated carbocycles. The molecule has 31 nitrogen and oxygen atoms in total. The van der Waals surface area contributed by atoms with Crippen molar-refractivity contribution in [3.63, 3.8) is 0 Å². The van der Waals surface area contributed by atoms with E-state index in [2.05, 4.69) is 53.4 Å². The lowest BCUT2D eigenvalue weighted by atomic mass is 9.94. The monoisotopic (exact) mass is 1370 g/mol. The van der Waals surface area contributed by atoms with Gasteiger partial charge in [-0.2, -0.15) is 0 Å². The number of rotatable bonds is 22. The summed E-state index contributed by atoms with van der Waals surface area (Å²) >= 11 is 0. The molecule has 0 aromatic carbocycles. The largest absolute Gasteiger partial charge is 0.481 e. The van der Waals surface area contributed by atoms with Gasteiger partial charge in [-0.1, -0.05) is 6.92 Å². The van der Waals surface area contributed by atoms with Gasteiger partial charge in [0.2, 0.25) is 11.8 Å². The van der Waals surface area contributed by atoms with Crippen LogP contribution in [0.15, 0.2) is 0 Å². The fourth-order valence-electron chi connectivity index (χ4n) is 10.9. The Morgan fingerprint density at radius 2 is 1.01 bits per heavy atom. The summed E-state index contributed by atoms with van der Waals surface area (Å²) in [7, 11) is 17.4. The van der Waals surface area contributed by atoms with E-state index in [0.29, 0.717) is 45.9 Å². The number of esters is 2. The van der Waals surface area contributed by atoms with Crippen LogP contribution < -0.4 is 11.2 Å². The summed E-state index contributed by atoms with van der Waals surface area (Å²) in [5, 5.41) is 27.7. The second kappa shape index (κ2) is 40.9. The van der Waals surface area contributed by atoms with Gasteiger partial charge in [0.1, 0.15) is 31.4 Å². The van der Waals surface area contributed by atoms with E-state index in [-0.39, 0.29) is 146 Å². The highest BCUT2D eigenvalue weighted by molar-refractivity contribution is 7.54. The summed E-state index contributed by atoms with van der Waals surface area (Å²) in [5.74, 6) is -0.127. The SMILES string of the molecule is CCN1CCOCC1.NO.O=C1CCC(=O)O1.[B]C1CN(C(=O)CCC(=O)O)CC(COP(=O)(N2CCN(C(=O)CCC(=O)O)CC2)N2CC([B])OC(COC(C)(C)C)C2)O1.[B]C1CN(C(C)(C)C)CC(COP(=O)(N2CCNCC2)N2CC([B])OC(COC(C)C)C2)O1. The van der Waals surface area contributed by atoms with Gasteiger partial charge < -0.3 is 77.5 Å². The number of carbonyl (C=O) groups is 6. The lowest BCUT2D eigenvalue weighted by Gasteiger charge is -2.47. The molecule has 2 amide bonds. The first-order valence-corrected chi connectivity index (χ1v) is 35.5. The van der Waals surface area contributed by atoms with Gasteiger partial charge in [0.15, 0.2) is 0 Å². The van der Waals surface area contributed by atoms with E-state index in [0.717, 1.165) is 39.4 Å². The Balaban J connectivity index is 0.000000326. The van der Waals surface area contributed by atoms with E-state index in [1.54, 1.807) is 14.2 Å². The number of cyclic esters (lactones) is 2. The Morgan fingerprint density at radius 1 is 0.574 bits per heavy atom. The first-order chi connectivity index (χ1) is 44.2. The van der Waals surface area contributed by atoms with E-state index < -0.39 is 81.0 Å². The molecule has 0 spiro atoms. The molecule has 37 heteroatoms. The molecule has 94 heavy (non-hydrogen) atoms. The van der Waals surface area contributed by atoms with E-state index >= 15 is 0 Å². The minimum absolute atomic E-state index is 0.0392. The van der Waals surface area contributed by atoms with E-state index in [4.69, 9.17) is 89.0 Å². The molecule has 10 unspecified atom stereocenters. The van der Waals surface area contributed by atoms with Crippen LogP contribution in [0, 0.1) is 0 Å². The minimum Gasteiger partial charge on any atom is -0.481 e. The third kappa shape index (κ3) is 29.5. The molecule has 0 aliphatic carbocycles. The number of morpholine rings is 5. The van der Waals surface area contributed by atoms with Crippen LogP contribution >= 0.6 is 15.3 Å². The Labute approximate surface area is 560 Å². The highest BCUT2D eigenvalue weighted by Crippen LogP contribution is 2.57. The van der Waals surface area contributed by atoms with Crippen molar-refractivity contribution in [1.82, 2.24) is 43.6 Å². The van der Waals surface area contributed by atoms with Crippen LogP contribution in [0.3, 0.4) is 0 Å². The summed E-state index contributed by atoms with van der Waals surface area (Å²) < 4.78 is 93.4. The van der Waals surface area contributed by atoms with Crippen molar-refractivity contribution in [2.45, 2.75) is 167 Å². The van der Waals surface area contributed by atoms with Crippen molar-refractivity contribution in [2.75, 3.05) is 164 Å². The number of carboxylic acid groups (broad SMARTS) is 2. The highest BCUT2D eigenvalue weighted by Gasteiger charge is 2.47. The fourth-order valence-corrected chi connectivity index (χ4v) is 15.9. The Bertz CT molecular complexity index is 2420. The fraction of sp³-hybridized carbons (Fsp3) is 0.895. The molecule has 8 aliphatic rings. The molecule has 8 heterocycles. The number of amides is 2. The molecular formula is C57H104B4N10O21P2. The molecule has 8 saturated heterocycles. The van der Waals surface area contributed by atoms with Crippen LogP contribution in [0.2, 0.25) is 0 Å². The van der Waals surface area contributed by atoms with Gasteiger partial charge in [0.05, 0.1) is 101 Å². The van der Waals surface area contributed by atoms with E-state index in [1.165, 1.54) is 11.4 Å². The molecule has 8 rings (SSSR count). The molecule has 0 bridgehead atoms. The van der Waals surface area contributed by atoms with Crippen molar-refractivity contribution >= 4 is 82.4 Å². The number of carboxylic acids is 2. The second-order valence-electron chi connectivity index (χ2n) is 25.9. The van der Waals surface area contributed by atoms with E-state index in [9.17, 15) is 37.9 Å². The standard InChI is InChI=1S/C26H43B2N4O11P.C21H41B2N4O5P.C6H13NO.C4H4O3.H3NO/c1-26(2,3)40-16-19-13-32(15-21(28)43-19)44(39,31-10-8-29(9-11-31)22(33)4-6-24(35)36)41-17-18-12-30(14-20(27)42-18)23(34)5-7-25(37)38;1-16(2)29-14-18-11-27(13-20(23)32-18)33(28,26-8-6-24-7-9-26)30-15-17-10-25(21(3,4)5)12-19(22)31-17;1-2-7-3-5-8-6-4-7;5-3-1-2-4(6)7-3;1-2/h18-21H,4-17H2,1-3H3,(H,35,36)(H,37,38);16-20,24H,6-15H2,1-5H3;2-6H2,1H3;1-2H2;2H,1H2. The molecule has 6 N–H and O–H groups in total. The number of likely N-dealkylation sites (N-methyl/N-ethyl adjacent to an activating group) is 1. The van der Waals surface area contributed by atoms with Crippen molar-refractivity contribution < 1.29 is 100 Å². The summed E-state index contributed by atoms with van der Waals surface area (Å²) in [6.45, 7) is 30.3. The average Bonchev–Trinajstić information content (AvgIpc) is 0.849. The summed E-state index contributed by atoms with van der Waals surface area (Å²) in [6.07, 6.45) is -2.08. The van der Waals surface area contributed by atoms with Gasteiger partial charge >= 0.3 is 39.2 Å². The summed E-state index contributed by atoms with van der Waals surface area (Å²) in [5.41, 5.74) is -0.479. The van der Waals surface area contributed by atoms with Crippen molar-refractivity contribution in [1.29, 1.82) is 0 Å². The predicted molar refractivity (Wildman–Crippen MR) is 348 cm³/mol. The minimum atomic E-state index is -3.84. The molecule has 8 radical (unpaired) electrons. The van der Waals surface area contributed by atoms with Crippen LogP contribution in [0.4, 0.5) is 0 Å². The van der Waals surface area contributed by atoms with Crippen LogP contribution in [0.1, 0.15) is 101 Å². The molecular weight excluding hydrogens is 1270 g/mol. The zero-order valence-electron chi connectivity index (χ0n) is 56.7. The quantitative estimate of drug-likeness (QED) is 0.0310. The smallest absolute Gasteiger partial charge is 0.346 e. The number of carbonyl (C=O) groups excluding carboxylic acids is 4. The van der Waals surface area contributed by atoms with E-state index in [1.807, 2.05) is 44.0 Å². The van der Waals surface area contributed by atoms with Crippen molar-refractivity contribution in [3.05, 3.63) is 0 Å². The van der Waals surface area contributed by atoms with Crippen LogP contribution in [-0.2, 0) is 84.8 Å². The lowest BCUT2D eigenvalue weighted by molar-refractivity contribution is -0.152. The molecule has 8 aliphatic heterocycles. The van der Waals surface area contributed by atoms with Gasteiger partial charge in [-0.05, 0) is 61.9 Å². The molecule has 10 atom stereocenters. The Morgan fingerprint density at radius 3 is 1.44 bits per heavy atom. The third-order valence-corrected chi connectivity index (χ3v) is 21.0. The van der Waals surface area contributed by atoms with Crippen molar-refractivity contribution in [3.8, 4) is 0 Å². The van der Waals surface area contributed by atoms with Crippen LogP contribution in [0.25, 0.3) is 0 Å². The third-order valence-electron chi connectivity index (χ3n) is 15.8. The maximum absolute atomic E-state index is 14.9. The first kappa shape index (κ1) is 83.4. The van der Waals surface area contributed by atoms with Gasteiger partial charge in [-0.25, -0.2) is 24.6 Å². The van der Waals surface area contributed by atoms with Crippen molar-refractivity contribution in [2.24, 2.45) is 5.90 Å². The zero-order chi connectivity index (χ0) is 70.0. The van der Waals surface area contributed by atoms with Gasteiger partial charge in [-0.3, -0.25) is 47.7 Å². The zero-order valence-corrected chi connectivity index (χ0v) is 58.5. The number of hydrogen-bond donors (Lipinski definition) is 5. The number of nitrogens with one attached hydrogen (secondary N) is 1. The predicted octanol–water partition coefficient (Wildman–Crippen LogP) is -0.129. The number of nitrogens with zero attached hydrogens (tertiary/aromatic N) is 8. The summed E-state index contributed by atoms with van der Waals surface area (Å²) in [6, 6.07) is -2.59. The number of ether oxygens (including phenoxy) is 8. The Hall–Kier alpha value is -2.98. The topological polar surface area (TPSA) is 354 Å². The van der Waals surface area contributed by atoms with Crippen LogP contribution in [0.5, 0.6) is 0 Å². The van der Waals surface area contributed by atoms with Gasteiger partial charge in [-0.15, -0.1) is 0 Å². The maximum Gasteiger partial charge on any atom is 0.346 e. The molecule has 0 aromatic rings. The average molecular weight is 1370 g/mol. The number of hydrogen-bond acceptors (Lipinski definition) is 23. The number of piperazine rings is 2. The first-order valence-electron chi connectivity index (χ1n) is 32.4. The summed E-state index contributed by atoms with van der Waals surface area (Å²) in [4.78, 5) is 74.6. The normalized spacial score (nSPS) is 27.9. The number of aliphatic carboxylic acids is 2. The van der Waals surface area contributed by atoms with Gasteiger partial charge in [0.25, 0.3) is 0 Å². The number of nitrogens with two attached hydrogens (primary N) is 1. The highest BCUT2D eigenvalue weighted by atomic mass is 31.2. The van der Waals surface area contributed by atoms with Crippen LogP contribution in [-0.4, -0.2) is 350 Å². The Kier molecular flexibility index (Phi) is 36.3. The molecule has 0 aromatic heterocycles. The molecule has 8 fully saturated rings. The lowest BCUT2D eigenvalue weighted by Crippen LogP contribution is -2.56. The second-order valence-corrected chi connectivity index (χ2v) is 30.6. The maximum atomic E-state index is 14.9. The molecule has 530 valence electrons.